The van der Waals surface area contributed by atoms with E-state index in [0.717, 1.165) is 6.07 Å². The summed E-state index contributed by atoms with van der Waals surface area (Å²) in [5.41, 5.74) is 0.593. The lowest BCUT2D eigenvalue weighted by Gasteiger charge is -2.10. The minimum atomic E-state index is -1.44. The fourth-order valence-electron chi connectivity index (χ4n) is 2.41. The quantitative estimate of drug-likeness (QED) is 0.535. The van der Waals surface area contributed by atoms with Crippen LogP contribution in [-0.2, 0) is 13.2 Å². The zero-order chi connectivity index (χ0) is 19.4. The van der Waals surface area contributed by atoms with Crippen molar-refractivity contribution in [2.45, 2.75) is 13.2 Å². The topological polar surface area (TPSA) is 137 Å². The van der Waals surface area contributed by atoms with Gasteiger partial charge in [0.15, 0.2) is 0 Å². The standard InChI is InChI=1S/C17H14FN5O4/c18-12-6-2-5-11-13(12)21-16(23-17(26)27)22-14(11)15(25)19-7-9-3-1-4-10(8-24)20-9/h1-6,24H,7-8H2,(H,19,25)(H,26,27)(H,21,22,23). The maximum Gasteiger partial charge on any atom is 0.411 e. The van der Waals surface area contributed by atoms with E-state index in [1.165, 1.54) is 12.1 Å². The molecule has 0 aliphatic heterocycles. The molecule has 0 unspecified atom stereocenters. The molecule has 0 saturated heterocycles. The molecule has 138 valence electrons. The highest BCUT2D eigenvalue weighted by Crippen LogP contribution is 2.20. The van der Waals surface area contributed by atoms with Gasteiger partial charge in [-0.25, -0.2) is 19.2 Å². The number of hydrogen-bond acceptors (Lipinski definition) is 6. The van der Waals surface area contributed by atoms with Gasteiger partial charge < -0.3 is 15.5 Å². The minimum Gasteiger partial charge on any atom is -0.465 e. The van der Waals surface area contributed by atoms with Crippen LogP contribution in [0, 0.1) is 5.82 Å². The van der Waals surface area contributed by atoms with Gasteiger partial charge in [-0.1, -0.05) is 18.2 Å². The first-order valence-corrected chi connectivity index (χ1v) is 7.78. The number of fused-ring (bicyclic) bond motifs is 1. The molecule has 0 spiro atoms. The van der Waals surface area contributed by atoms with Gasteiger partial charge >= 0.3 is 6.09 Å². The maximum absolute atomic E-state index is 14.1. The number of aliphatic hydroxyl groups is 1. The predicted octanol–water partition coefficient (Wildman–Crippen LogP) is 1.68. The van der Waals surface area contributed by atoms with Crippen LogP contribution in [0.3, 0.4) is 0 Å². The van der Waals surface area contributed by atoms with Crippen molar-refractivity contribution in [3.63, 3.8) is 0 Å². The number of rotatable bonds is 5. The molecule has 0 bridgehead atoms. The van der Waals surface area contributed by atoms with E-state index in [0.29, 0.717) is 11.4 Å². The van der Waals surface area contributed by atoms with Crippen molar-refractivity contribution in [3.8, 4) is 0 Å². The first-order valence-electron chi connectivity index (χ1n) is 7.78. The van der Waals surface area contributed by atoms with Gasteiger partial charge in [0, 0.05) is 5.39 Å². The maximum atomic E-state index is 14.1. The molecule has 2 amide bonds. The normalized spacial score (nSPS) is 10.6. The van der Waals surface area contributed by atoms with Crippen LogP contribution in [-0.4, -0.2) is 37.2 Å². The van der Waals surface area contributed by atoms with Gasteiger partial charge in [0.05, 0.1) is 24.5 Å². The van der Waals surface area contributed by atoms with E-state index in [-0.39, 0.29) is 29.7 Å². The molecule has 2 heterocycles. The number of anilines is 1. The van der Waals surface area contributed by atoms with Crippen molar-refractivity contribution in [1.82, 2.24) is 20.3 Å². The molecule has 0 atom stereocenters. The van der Waals surface area contributed by atoms with E-state index < -0.39 is 23.8 Å². The number of aromatic nitrogens is 3. The van der Waals surface area contributed by atoms with Crippen LogP contribution in [0.4, 0.5) is 15.1 Å². The number of carbonyl (C=O) groups is 2. The van der Waals surface area contributed by atoms with Crippen molar-refractivity contribution in [2.75, 3.05) is 5.32 Å². The second kappa shape index (κ2) is 7.70. The Kier molecular flexibility index (Phi) is 5.18. The molecule has 3 rings (SSSR count). The molecule has 3 aromatic rings. The Hall–Kier alpha value is -3.66. The number of benzene rings is 1. The molecule has 2 aromatic heterocycles. The van der Waals surface area contributed by atoms with Crippen molar-refractivity contribution in [2.24, 2.45) is 0 Å². The molecule has 0 aliphatic rings. The smallest absolute Gasteiger partial charge is 0.411 e. The number of amides is 2. The highest BCUT2D eigenvalue weighted by molar-refractivity contribution is 6.05. The summed E-state index contributed by atoms with van der Waals surface area (Å²) in [6.07, 6.45) is -1.44. The monoisotopic (exact) mass is 371 g/mol. The third-order valence-electron chi connectivity index (χ3n) is 3.57. The molecular formula is C17H14FN5O4. The van der Waals surface area contributed by atoms with E-state index in [1.807, 2.05) is 5.32 Å². The van der Waals surface area contributed by atoms with Crippen LogP contribution >= 0.6 is 0 Å². The lowest BCUT2D eigenvalue weighted by atomic mass is 10.1. The van der Waals surface area contributed by atoms with Crippen molar-refractivity contribution >= 4 is 28.9 Å². The first-order chi connectivity index (χ1) is 13.0. The van der Waals surface area contributed by atoms with E-state index in [4.69, 9.17) is 10.2 Å². The summed E-state index contributed by atoms with van der Waals surface area (Å²) >= 11 is 0. The lowest BCUT2D eigenvalue weighted by molar-refractivity contribution is 0.0947. The van der Waals surface area contributed by atoms with Gasteiger partial charge in [-0.3, -0.25) is 15.1 Å². The summed E-state index contributed by atoms with van der Waals surface area (Å²) in [5, 5.41) is 22.6. The van der Waals surface area contributed by atoms with E-state index >= 15 is 0 Å². The number of pyridine rings is 1. The number of halogens is 1. The Balaban J connectivity index is 1.92. The van der Waals surface area contributed by atoms with Gasteiger partial charge in [-0.05, 0) is 18.2 Å². The number of carbonyl (C=O) groups excluding carboxylic acids is 1. The van der Waals surface area contributed by atoms with Gasteiger partial charge in [0.25, 0.3) is 5.91 Å². The number of carboxylic acid groups (broad SMARTS) is 1. The summed E-state index contributed by atoms with van der Waals surface area (Å²) in [6.45, 7) is -0.197. The highest BCUT2D eigenvalue weighted by Gasteiger charge is 2.18. The predicted molar refractivity (Wildman–Crippen MR) is 92.5 cm³/mol. The Labute approximate surface area is 151 Å². The van der Waals surface area contributed by atoms with Crippen LogP contribution in [0.25, 0.3) is 10.9 Å². The van der Waals surface area contributed by atoms with E-state index in [9.17, 15) is 14.0 Å². The summed E-state index contributed by atoms with van der Waals surface area (Å²) in [4.78, 5) is 35.2. The summed E-state index contributed by atoms with van der Waals surface area (Å²) in [5.74, 6) is -1.78. The molecular weight excluding hydrogens is 357 g/mol. The zero-order valence-corrected chi connectivity index (χ0v) is 13.8. The van der Waals surface area contributed by atoms with Gasteiger partial charge in [0.2, 0.25) is 5.95 Å². The summed E-state index contributed by atoms with van der Waals surface area (Å²) in [7, 11) is 0. The summed E-state index contributed by atoms with van der Waals surface area (Å²) in [6, 6.07) is 8.98. The largest absolute Gasteiger partial charge is 0.465 e. The van der Waals surface area contributed by atoms with Crippen molar-refractivity contribution in [1.29, 1.82) is 0 Å². The van der Waals surface area contributed by atoms with Gasteiger partial charge in [-0.2, -0.15) is 0 Å². The van der Waals surface area contributed by atoms with Crippen molar-refractivity contribution in [3.05, 3.63) is 59.3 Å². The molecule has 9 nitrogen and oxygen atoms in total. The Morgan fingerprint density at radius 3 is 2.52 bits per heavy atom. The Morgan fingerprint density at radius 1 is 1.04 bits per heavy atom. The first kappa shape index (κ1) is 18.1. The number of nitrogens with one attached hydrogen (secondary N) is 2. The molecule has 27 heavy (non-hydrogen) atoms. The second-order valence-electron chi connectivity index (χ2n) is 5.42. The van der Waals surface area contributed by atoms with Crippen LogP contribution < -0.4 is 10.6 Å². The SMILES string of the molecule is O=C(O)Nc1nc(C(=O)NCc2cccc(CO)n2)c2cccc(F)c2n1. The zero-order valence-electron chi connectivity index (χ0n) is 13.8. The second-order valence-corrected chi connectivity index (χ2v) is 5.42. The number of hydrogen-bond donors (Lipinski definition) is 4. The molecule has 10 heteroatoms. The molecule has 0 aliphatic carbocycles. The van der Waals surface area contributed by atoms with Crippen LogP contribution in [0.15, 0.2) is 36.4 Å². The molecule has 0 fully saturated rings. The van der Waals surface area contributed by atoms with Gasteiger partial charge in [-0.15, -0.1) is 0 Å². The van der Waals surface area contributed by atoms with Crippen LogP contribution in [0.5, 0.6) is 0 Å². The molecule has 0 saturated carbocycles. The number of para-hydroxylation sites is 1. The third kappa shape index (κ3) is 4.12. The number of aliphatic hydroxyl groups excluding tert-OH is 1. The fraction of sp³-hybridized carbons (Fsp3) is 0.118. The lowest BCUT2D eigenvalue weighted by Crippen LogP contribution is -2.25. The highest BCUT2D eigenvalue weighted by atomic mass is 19.1. The summed E-state index contributed by atoms with van der Waals surface area (Å²) < 4.78 is 14.1. The van der Waals surface area contributed by atoms with E-state index in [2.05, 4.69) is 20.3 Å². The van der Waals surface area contributed by atoms with Crippen LogP contribution in [0.2, 0.25) is 0 Å². The van der Waals surface area contributed by atoms with Gasteiger partial charge in [0.1, 0.15) is 17.0 Å². The van der Waals surface area contributed by atoms with E-state index in [1.54, 1.807) is 18.2 Å². The Morgan fingerprint density at radius 2 is 1.78 bits per heavy atom. The fourth-order valence-corrected chi connectivity index (χ4v) is 2.41. The minimum absolute atomic E-state index is 0.0369. The molecule has 0 radical (unpaired) electrons. The average molecular weight is 371 g/mol. The third-order valence-corrected chi connectivity index (χ3v) is 3.57. The van der Waals surface area contributed by atoms with Crippen LogP contribution in [0.1, 0.15) is 21.9 Å². The number of nitrogens with zero attached hydrogens (tertiary/aromatic N) is 3. The Bertz CT molecular complexity index is 1030. The van der Waals surface area contributed by atoms with Crippen molar-refractivity contribution < 1.29 is 24.2 Å². The molecule has 1 aromatic carbocycles. The average Bonchev–Trinajstić information content (AvgIpc) is 2.66. The molecule has 4 N–H and O–H groups in total.